The lowest BCUT2D eigenvalue weighted by Crippen LogP contribution is -2.30. The van der Waals surface area contributed by atoms with Crippen molar-refractivity contribution in [2.45, 2.75) is 12.8 Å². The predicted octanol–water partition coefficient (Wildman–Crippen LogP) is 1.72. The van der Waals surface area contributed by atoms with E-state index in [9.17, 15) is 19.7 Å². The summed E-state index contributed by atoms with van der Waals surface area (Å²) in [5.41, 5.74) is 5.16. The highest BCUT2D eigenvalue weighted by atomic mass is 16.6. The van der Waals surface area contributed by atoms with Crippen LogP contribution in [-0.4, -0.2) is 18.0 Å². The highest BCUT2D eigenvalue weighted by molar-refractivity contribution is 5.92. The molecular weight excluding hydrogens is 344 g/mol. The second kappa shape index (κ2) is 6.36. The predicted molar refractivity (Wildman–Crippen MR) is 88.5 cm³/mol. The summed E-state index contributed by atoms with van der Waals surface area (Å²) in [7, 11) is 1.15. The van der Waals surface area contributed by atoms with E-state index in [1.165, 1.54) is 24.3 Å². The number of non-ortho nitro benzene ring substituents is 1. The van der Waals surface area contributed by atoms with Gasteiger partial charge in [-0.1, -0.05) is 12.1 Å². The van der Waals surface area contributed by atoms with Gasteiger partial charge in [0.2, 0.25) is 5.88 Å². The second-order valence-electron chi connectivity index (χ2n) is 5.58. The van der Waals surface area contributed by atoms with Crippen LogP contribution in [0.1, 0.15) is 22.8 Å². The molecule has 9 heteroatoms. The number of methoxy groups -OCH3 is 1. The van der Waals surface area contributed by atoms with Crippen molar-refractivity contribution in [2.24, 2.45) is 5.73 Å². The first-order valence-corrected chi connectivity index (χ1v) is 7.48. The largest absolute Gasteiger partial charge is 0.465 e. The molecule has 1 atom stereocenters. The Morgan fingerprint density at radius 1 is 1.35 bits per heavy atom. The standard InChI is InChI=1S/C17H14N2O7/c1-8-6-11-13(17(21)25-8)12(14(15(18)26-11)16(20)24-2)9-4-3-5-10(7-9)19(22)23/h3-7,12H,18H2,1-2H3. The first kappa shape index (κ1) is 17.2. The van der Waals surface area contributed by atoms with E-state index in [2.05, 4.69) is 0 Å². The molecule has 1 unspecified atom stereocenters. The molecule has 0 radical (unpaired) electrons. The lowest BCUT2D eigenvalue weighted by molar-refractivity contribution is -0.384. The lowest BCUT2D eigenvalue weighted by Gasteiger charge is -2.27. The van der Waals surface area contributed by atoms with E-state index in [0.717, 1.165) is 7.11 Å². The van der Waals surface area contributed by atoms with Crippen molar-refractivity contribution in [1.29, 1.82) is 0 Å². The summed E-state index contributed by atoms with van der Waals surface area (Å²) in [6, 6.07) is 7.01. The molecule has 1 aliphatic heterocycles. The van der Waals surface area contributed by atoms with Crippen molar-refractivity contribution in [1.82, 2.24) is 0 Å². The Labute approximate surface area is 146 Å². The first-order valence-electron chi connectivity index (χ1n) is 7.48. The summed E-state index contributed by atoms with van der Waals surface area (Å²) in [4.78, 5) is 35.2. The quantitative estimate of drug-likeness (QED) is 0.498. The van der Waals surface area contributed by atoms with Crippen LogP contribution in [-0.2, 0) is 9.53 Å². The van der Waals surface area contributed by atoms with E-state index in [-0.39, 0.29) is 28.5 Å². The van der Waals surface area contributed by atoms with Gasteiger partial charge in [-0.2, -0.15) is 0 Å². The molecule has 1 aromatic heterocycles. The fraction of sp³-hybridized carbons (Fsp3) is 0.176. The number of aryl methyl sites for hydroxylation is 1. The Morgan fingerprint density at radius 2 is 2.08 bits per heavy atom. The van der Waals surface area contributed by atoms with Crippen LogP contribution in [0.5, 0.6) is 5.75 Å². The monoisotopic (exact) mass is 358 g/mol. The highest BCUT2D eigenvalue weighted by Crippen LogP contribution is 2.41. The Bertz CT molecular complexity index is 1010. The van der Waals surface area contributed by atoms with Gasteiger partial charge in [-0.15, -0.1) is 0 Å². The van der Waals surface area contributed by atoms with E-state index in [1.807, 2.05) is 0 Å². The summed E-state index contributed by atoms with van der Waals surface area (Å²) in [6.07, 6.45) is 0. The van der Waals surface area contributed by atoms with Crippen molar-refractivity contribution in [3.63, 3.8) is 0 Å². The van der Waals surface area contributed by atoms with E-state index in [0.29, 0.717) is 11.3 Å². The van der Waals surface area contributed by atoms with Gasteiger partial charge in [0.05, 0.1) is 23.5 Å². The molecular formula is C17H14N2O7. The third-order valence-electron chi connectivity index (χ3n) is 3.96. The number of nitro groups is 1. The maximum Gasteiger partial charge on any atom is 0.343 e. The Balaban J connectivity index is 2.32. The highest BCUT2D eigenvalue weighted by Gasteiger charge is 2.38. The molecule has 0 fully saturated rings. The zero-order chi connectivity index (χ0) is 19.0. The van der Waals surface area contributed by atoms with Crippen molar-refractivity contribution < 1.29 is 23.6 Å². The first-order chi connectivity index (χ1) is 12.3. The van der Waals surface area contributed by atoms with Crippen LogP contribution in [0.3, 0.4) is 0 Å². The second-order valence-corrected chi connectivity index (χ2v) is 5.58. The minimum atomic E-state index is -1.03. The molecule has 2 N–H and O–H groups in total. The molecule has 0 saturated heterocycles. The summed E-state index contributed by atoms with van der Waals surface area (Å²) in [6.45, 7) is 1.56. The summed E-state index contributed by atoms with van der Waals surface area (Å²) < 4.78 is 15.3. The van der Waals surface area contributed by atoms with Gasteiger partial charge in [-0.05, 0) is 12.5 Å². The molecule has 0 spiro atoms. The van der Waals surface area contributed by atoms with Gasteiger partial charge in [0.15, 0.2) is 0 Å². The van der Waals surface area contributed by atoms with E-state index in [1.54, 1.807) is 13.0 Å². The van der Waals surface area contributed by atoms with Gasteiger partial charge in [-0.3, -0.25) is 10.1 Å². The smallest absolute Gasteiger partial charge is 0.343 e. The maximum atomic E-state index is 12.5. The summed E-state index contributed by atoms with van der Waals surface area (Å²) in [5, 5.41) is 11.1. The van der Waals surface area contributed by atoms with Crippen molar-refractivity contribution in [2.75, 3.05) is 7.11 Å². The van der Waals surface area contributed by atoms with Crippen LogP contribution in [0.15, 0.2) is 51.0 Å². The fourth-order valence-electron chi connectivity index (χ4n) is 2.88. The van der Waals surface area contributed by atoms with Gasteiger partial charge >= 0.3 is 11.6 Å². The van der Waals surface area contributed by atoms with Gasteiger partial charge < -0.3 is 19.6 Å². The molecule has 0 amide bonds. The molecule has 1 aliphatic rings. The topological polar surface area (TPSA) is 135 Å². The number of nitro benzene ring substituents is 1. The lowest BCUT2D eigenvalue weighted by atomic mass is 9.83. The number of nitrogens with zero attached hydrogens (tertiary/aromatic N) is 1. The Kier molecular flexibility index (Phi) is 4.21. The van der Waals surface area contributed by atoms with Gasteiger partial charge in [-0.25, -0.2) is 9.59 Å². The summed E-state index contributed by atoms with van der Waals surface area (Å²) >= 11 is 0. The average Bonchev–Trinajstić information content (AvgIpc) is 2.59. The minimum Gasteiger partial charge on any atom is -0.465 e. The van der Waals surface area contributed by atoms with Crippen LogP contribution < -0.4 is 16.1 Å². The van der Waals surface area contributed by atoms with Crippen LogP contribution in [0, 0.1) is 17.0 Å². The van der Waals surface area contributed by atoms with Crippen LogP contribution >= 0.6 is 0 Å². The number of nitrogens with two attached hydrogens (primary N) is 1. The van der Waals surface area contributed by atoms with E-state index >= 15 is 0 Å². The maximum absolute atomic E-state index is 12.5. The van der Waals surface area contributed by atoms with Crippen molar-refractivity contribution in [3.05, 3.63) is 79.2 Å². The number of rotatable bonds is 3. The fourth-order valence-corrected chi connectivity index (χ4v) is 2.88. The molecule has 3 rings (SSSR count). The van der Waals surface area contributed by atoms with Crippen LogP contribution in [0.2, 0.25) is 0 Å². The molecule has 26 heavy (non-hydrogen) atoms. The average molecular weight is 358 g/mol. The van der Waals surface area contributed by atoms with Crippen molar-refractivity contribution >= 4 is 11.7 Å². The van der Waals surface area contributed by atoms with Gasteiger partial charge in [0, 0.05) is 18.2 Å². The molecule has 2 aromatic rings. The number of esters is 1. The number of ether oxygens (including phenoxy) is 2. The molecule has 0 bridgehead atoms. The SMILES string of the molecule is COC(=O)C1=C(N)Oc2cc(C)oc(=O)c2C1c1cccc([N+](=O)[O-])c1. The van der Waals surface area contributed by atoms with Crippen LogP contribution in [0.25, 0.3) is 0 Å². The summed E-state index contributed by atoms with van der Waals surface area (Å²) in [5.74, 6) is -1.67. The molecule has 9 nitrogen and oxygen atoms in total. The molecule has 134 valence electrons. The van der Waals surface area contributed by atoms with Gasteiger partial charge in [0.1, 0.15) is 17.1 Å². The normalized spacial score (nSPS) is 15.8. The number of carbonyl (C=O) groups is 1. The third kappa shape index (κ3) is 2.79. The zero-order valence-corrected chi connectivity index (χ0v) is 13.8. The minimum absolute atomic E-state index is 0.0192. The number of fused-ring (bicyclic) bond motifs is 1. The number of hydrogen-bond donors (Lipinski definition) is 1. The zero-order valence-electron chi connectivity index (χ0n) is 13.8. The molecule has 1 aromatic carbocycles. The molecule has 0 saturated carbocycles. The Hall–Kier alpha value is -3.62. The van der Waals surface area contributed by atoms with E-state index in [4.69, 9.17) is 19.6 Å². The van der Waals surface area contributed by atoms with Crippen molar-refractivity contribution in [3.8, 4) is 5.75 Å². The Morgan fingerprint density at radius 3 is 2.73 bits per heavy atom. The molecule has 2 heterocycles. The van der Waals surface area contributed by atoms with Gasteiger partial charge in [0.25, 0.3) is 5.69 Å². The number of hydrogen-bond acceptors (Lipinski definition) is 8. The van der Waals surface area contributed by atoms with E-state index < -0.39 is 22.4 Å². The third-order valence-corrected chi connectivity index (χ3v) is 3.96. The number of carbonyl (C=O) groups excluding carboxylic acids is 1. The van der Waals surface area contributed by atoms with Crippen LogP contribution in [0.4, 0.5) is 5.69 Å². The molecule has 0 aliphatic carbocycles. The number of benzene rings is 1.